The van der Waals surface area contributed by atoms with E-state index in [1.165, 1.54) is 43.6 Å². The molecule has 10 rings (SSSR count). The molecule has 238 valence electrons. The zero-order valence-electron chi connectivity index (χ0n) is 27.2. The van der Waals surface area contributed by atoms with Gasteiger partial charge in [0.05, 0.1) is 22.1 Å². The Morgan fingerprint density at radius 2 is 0.920 bits per heavy atom. The van der Waals surface area contributed by atoms with Gasteiger partial charge in [-0.05, 0) is 59.7 Å². The minimum absolute atomic E-state index is 0.121. The number of aliphatic imine (C=N–C) groups is 1. The number of hydrogen-bond donors (Lipinski definition) is 2. The summed E-state index contributed by atoms with van der Waals surface area (Å²) in [5, 5.41) is 12.4. The highest BCUT2D eigenvalue weighted by atomic mass is 15.3. The molecular weight excluding hydrogens is 611 g/mol. The first-order valence-electron chi connectivity index (χ1n) is 17.1. The van der Waals surface area contributed by atoms with E-state index in [0.717, 1.165) is 33.9 Å². The molecule has 3 heterocycles. The van der Waals surface area contributed by atoms with Crippen LogP contribution >= 0.6 is 0 Å². The molecule has 9 aromatic rings. The maximum atomic E-state index is 5.08. The molecule has 0 fully saturated rings. The van der Waals surface area contributed by atoms with Gasteiger partial charge in [0.15, 0.2) is 0 Å². The molecule has 1 aliphatic rings. The third-order valence-electron chi connectivity index (χ3n) is 9.99. The molecule has 2 aromatic heterocycles. The third-order valence-corrected chi connectivity index (χ3v) is 9.99. The Bertz CT molecular complexity index is 2690. The fourth-order valence-electron chi connectivity index (χ4n) is 7.66. The van der Waals surface area contributed by atoms with E-state index in [4.69, 9.17) is 4.99 Å². The number of fused-ring (bicyclic) bond motifs is 6. The van der Waals surface area contributed by atoms with Crippen LogP contribution in [0.4, 0.5) is 0 Å². The SMILES string of the molecule is c1ccc(C2=NC(c3ccccc3)NC(c3ccc(-n4c5ccccc5c5cc6c(cc54)c4ccccc4n6-c4ccccc4)cc3)N2)cc1. The van der Waals surface area contributed by atoms with Crippen molar-refractivity contribution in [2.45, 2.75) is 12.3 Å². The lowest BCUT2D eigenvalue weighted by molar-refractivity contribution is 0.409. The summed E-state index contributed by atoms with van der Waals surface area (Å²) in [7, 11) is 0. The summed E-state index contributed by atoms with van der Waals surface area (Å²) in [6.07, 6.45) is -0.293. The standard InChI is InChI=1S/C45H33N5/c1-4-14-30(15-5-1)43-46-44(31-16-6-2-7-17-31)48-45(47-43)32-24-26-34(27-25-32)50-40-23-13-11-21-36(40)38-28-41-37(29-42(38)50)35-20-10-12-22-39(35)49(41)33-18-8-3-9-19-33/h1-29,43,45,47H,(H,46,48). The van der Waals surface area contributed by atoms with Gasteiger partial charge in [0.25, 0.3) is 0 Å². The van der Waals surface area contributed by atoms with E-state index >= 15 is 0 Å². The average molecular weight is 644 g/mol. The van der Waals surface area contributed by atoms with Crippen LogP contribution in [0, 0.1) is 0 Å². The number of nitrogens with one attached hydrogen (secondary N) is 2. The van der Waals surface area contributed by atoms with Crippen LogP contribution in [0.5, 0.6) is 0 Å². The highest BCUT2D eigenvalue weighted by Gasteiger charge is 2.26. The Hall–Kier alpha value is -6.43. The molecule has 2 N–H and O–H groups in total. The number of rotatable bonds is 5. The second kappa shape index (κ2) is 11.6. The number of benzene rings is 7. The van der Waals surface area contributed by atoms with Gasteiger partial charge in [0, 0.05) is 38.5 Å². The van der Waals surface area contributed by atoms with Gasteiger partial charge in [-0.2, -0.15) is 0 Å². The van der Waals surface area contributed by atoms with E-state index in [0.29, 0.717) is 0 Å². The molecule has 2 atom stereocenters. The van der Waals surface area contributed by atoms with Gasteiger partial charge in [-0.25, -0.2) is 4.99 Å². The van der Waals surface area contributed by atoms with Crippen LogP contribution in [0.2, 0.25) is 0 Å². The summed E-state index contributed by atoms with van der Waals surface area (Å²) >= 11 is 0. The normalized spacial score (nSPS) is 16.2. The molecule has 7 aromatic carbocycles. The molecule has 5 heteroatoms. The zero-order valence-corrected chi connectivity index (χ0v) is 27.2. The highest BCUT2D eigenvalue weighted by molar-refractivity contribution is 6.19. The molecule has 0 bridgehead atoms. The summed E-state index contributed by atoms with van der Waals surface area (Å²) in [5.41, 5.74) is 10.4. The average Bonchev–Trinajstić information content (AvgIpc) is 3.70. The molecule has 0 spiro atoms. The summed E-state index contributed by atoms with van der Waals surface area (Å²) in [6, 6.07) is 62.7. The second-order valence-electron chi connectivity index (χ2n) is 12.9. The van der Waals surface area contributed by atoms with Gasteiger partial charge in [-0.3, -0.25) is 5.32 Å². The van der Waals surface area contributed by atoms with E-state index in [-0.39, 0.29) is 12.3 Å². The number of nitrogens with zero attached hydrogens (tertiary/aromatic N) is 3. The van der Waals surface area contributed by atoms with E-state index in [2.05, 4.69) is 184 Å². The fraction of sp³-hybridized carbons (Fsp3) is 0.0444. The summed E-state index contributed by atoms with van der Waals surface area (Å²) in [6.45, 7) is 0. The first-order chi connectivity index (χ1) is 24.8. The van der Waals surface area contributed by atoms with Crippen molar-refractivity contribution < 1.29 is 0 Å². The predicted octanol–water partition coefficient (Wildman–Crippen LogP) is 10.2. The molecule has 5 nitrogen and oxygen atoms in total. The van der Waals surface area contributed by atoms with Crippen LogP contribution in [-0.2, 0) is 0 Å². The minimum atomic E-state index is -0.171. The molecule has 0 saturated carbocycles. The second-order valence-corrected chi connectivity index (χ2v) is 12.9. The molecule has 2 unspecified atom stereocenters. The Balaban J connectivity index is 1.10. The topological polar surface area (TPSA) is 46.3 Å². The molecule has 0 radical (unpaired) electrons. The minimum Gasteiger partial charge on any atom is -0.350 e. The van der Waals surface area contributed by atoms with Crippen LogP contribution in [0.25, 0.3) is 55.0 Å². The Morgan fingerprint density at radius 1 is 0.420 bits per heavy atom. The van der Waals surface area contributed by atoms with E-state index in [9.17, 15) is 0 Å². The van der Waals surface area contributed by atoms with Crippen LogP contribution in [-0.4, -0.2) is 15.0 Å². The molecule has 0 aliphatic carbocycles. The van der Waals surface area contributed by atoms with E-state index < -0.39 is 0 Å². The Labute approximate surface area is 289 Å². The first-order valence-corrected chi connectivity index (χ1v) is 17.1. The van der Waals surface area contributed by atoms with Gasteiger partial charge >= 0.3 is 0 Å². The van der Waals surface area contributed by atoms with Crippen LogP contribution in [0.15, 0.2) is 181 Å². The Kier molecular flexibility index (Phi) is 6.64. The number of hydrogen-bond acceptors (Lipinski definition) is 3. The monoisotopic (exact) mass is 643 g/mol. The van der Waals surface area contributed by atoms with Crippen molar-refractivity contribution in [3.05, 3.63) is 193 Å². The van der Waals surface area contributed by atoms with E-state index in [1.807, 2.05) is 12.1 Å². The van der Waals surface area contributed by atoms with Crippen molar-refractivity contribution in [1.29, 1.82) is 0 Å². The van der Waals surface area contributed by atoms with Crippen molar-refractivity contribution in [2.24, 2.45) is 4.99 Å². The molecule has 0 amide bonds. The van der Waals surface area contributed by atoms with Crippen LogP contribution in [0.1, 0.15) is 29.0 Å². The smallest absolute Gasteiger partial charge is 0.131 e. The Morgan fingerprint density at radius 3 is 1.52 bits per heavy atom. The van der Waals surface area contributed by atoms with Crippen molar-refractivity contribution >= 4 is 49.4 Å². The van der Waals surface area contributed by atoms with E-state index in [1.54, 1.807) is 0 Å². The number of amidine groups is 1. The van der Waals surface area contributed by atoms with Crippen molar-refractivity contribution in [1.82, 2.24) is 19.8 Å². The maximum absolute atomic E-state index is 5.08. The summed E-state index contributed by atoms with van der Waals surface area (Å²) in [5.74, 6) is 0.883. The quantitative estimate of drug-likeness (QED) is 0.196. The van der Waals surface area contributed by atoms with Gasteiger partial charge in [-0.1, -0.05) is 127 Å². The van der Waals surface area contributed by atoms with Gasteiger partial charge < -0.3 is 14.5 Å². The van der Waals surface area contributed by atoms with Crippen LogP contribution < -0.4 is 10.6 Å². The molecular formula is C45H33N5. The number of aromatic nitrogens is 2. The predicted molar refractivity (Wildman–Crippen MR) is 206 cm³/mol. The largest absolute Gasteiger partial charge is 0.350 e. The highest BCUT2D eigenvalue weighted by Crippen LogP contribution is 2.39. The van der Waals surface area contributed by atoms with Gasteiger partial charge in [0.2, 0.25) is 0 Å². The van der Waals surface area contributed by atoms with Crippen molar-refractivity contribution in [3.8, 4) is 11.4 Å². The lowest BCUT2D eigenvalue weighted by Crippen LogP contribution is -2.44. The van der Waals surface area contributed by atoms with Crippen molar-refractivity contribution in [2.75, 3.05) is 0 Å². The fourth-order valence-corrected chi connectivity index (χ4v) is 7.66. The molecule has 50 heavy (non-hydrogen) atoms. The first kappa shape index (κ1) is 28.6. The third kappa shape index (κ3) is 4.63. The summed E-state index contributed by atoms with van der Waals surface area (Å²) < 4.78 is 4.80. The summed E-state index contributed by atoms with van der Waals surface area (Å²) in [4.78, 5) is 5.08. The van der Waals surface area contributed by atoms with Gasteiger partial charge in [0.1, 0.15) is 18.2 Å². The molecule has 1 aliphatic heterocycles. The number of para-hydroxylation sites is 3. The molecule has 0 saturated heterocycles. The van der Waals surface area contributed by atoms with Gasteiger partial charge in [-0.15, -0.1) is 0 Å². The van der Waals surface area contributed by atoms with Crippen molar-refractivity contribution in [3.63, 3.8) is 0 Å². The maximum Gasteiger partial charge on any atom is 0.131 e. The zero-order chi connectivity index (χ0) is 33.0. The lowest BCUT2D eigenvalue weighted by Gasteiger charge is -2.32. The van der Waals surface area contributed by atoms with Crippen LogP contribution in [0.3, 0.4) is 0 Å². The lowest BCUT2D eigenvalue weighted by atomic mass is 10.1.